The predicted molar refractivity (Wildman–Crippen MR) is 110 cm³/mol. The molecule has 7 heteroatoms. The van der Waals surface area contributed by atoms with E-state index in [-0.39, 0.29) is 24.0 Å². The molecule has 1 aromatic heterocycles. The van der Waals surface area contributed by atoms with Crippen molar-refractivity contribution in [1.82, 2.24) is 10.2 Å². The minimum absolute atomic E-state index is 0.0213. The van der Waals surface area contributed by atoms with Gasteiger partial charge in [0.25, 0.3) is 11.8 Å². The van der Waals surface area contributed by atoms with Crippen LogP contribution in [-0.4, -0.2) is 41.9 Å². The Kier molecular flexibility index (Phi) is 6.44. The Morgan fingerprint density at radius 3 is 2.54 bits per heavy atom. The fraction of sp³-hybridized carbons (Fsp3) is 0.429. The van der Waals surface area contributed by atoms with Crippen molar-refractivity contribution in [3.8, 4) is 5.75 Å². The molecule has 0 spiro atoms. The Balaban J connectivity index is 1.60. The third kappa shape index (κ3) is 4.95. The van der Waals surface area contributed by atoms with Crippen LogP contribution in [-0.2, 0) is 0 Å². The lowest BCUT2D eigenvalue weighted by Crippen LogP contribution is -2.46. The predicted octanol–water partition coefficient (Wildman–Crippen LogP) is 4.17. The van der Waals surface area contributed by atoms with E-state index in [9.17, 15) is 9.59 Å². The van der Waals surface area contributed by atoms with Crippen molar-refractivity contribution in [1.29, 1.82) is 0 Å². The number of nitrogens with one attached hydrogen (secondary N) is 1. The van der Waals surface area contributed by atoms with Gasteiger partial charge in [0.05, 0.1) is 11.7 Å². The SMILES string of the molecule is Cc1ccc(C(=O)NC2CCN(C(=O)c3ccc(Br)cc3OC(C)C)CC2)o1. The number of piperidine rings is 1. The van der Waals surface area contributed by atoms with Crippen LogP contribution in [0.25, 0.3) is 0 Å². The van der Waals surface area contributed by atoms with Gasteiger partial charge in [0.2, 0.25) is 0 Å². The number of carbonyl (C=O) groups is 2. The molecule has 1 fully saturated rings. The van der Waals surface area contributed by atoms with E-state index in [4.69, 9.17) is 9.15 Å². The van der Waals surface area contributed by atoms with Gasteiger partial charge < -0.3 is 19.4 Å². The molecule has 0 saturated carbocycles. The monoisotopic (exact) mass is 448 g/mol. The molecular weight excluding hydrogens is 424 g/mol. The summed E-state index contributed by atoms with van der Waals surface area (Å²) in [5, 5.41) is 2.99. The van der Waals surface area contributed by atoms with Crippen LogP contribution in [0.2, 0.25) is 0 Å². The van der Waals surface area contributed by atoms with Crippen molar-refractivity contribution >= 4 is 27.7 Å². The van der Waals surface area contributed by atoms with Gasteiger partial charge in [0.1, 0.15) is 11.5 Å². The minimum atomic E-state index is -0.210. The summed E-state index contributed by atoms with van der Waals surface area (Å²) in [6.45, 7) is 6.84. The highest BCUT2D eigenvalue weighted by Crippen LogP contribution is 2.27. The second kappa shape index (κ2) is 8.82. The van der Waals surface area contributed by atoms with Gasteiger partial charge in [-0.3, -0.25) is 9.59 Å². The second-order valence-corrected chi connectivity index (χ2v) is 8.17. The number of aryl methyl sites for hydroxylation is 1. The number of likely N-dealkylation sites (tertiary alicyclic amines) is 1. The van der Waals surface area contributed by atoms with Gasteiger partial charge in [0.15, 0.2) is 5.76 Å². The van der Waals surface area contributed by atoms with E-state index in [0.29, 0.717) is 48.8 Å². The maximum Gasteiger partial charge on any atom is 0.287 e. The summed E-state index contributed by atoms with van der Waals surface area (Å²) in [5.41, 5.74) is 0.561. The largest absolute Gasteiger partial charge is 0.490 e. The summed E-state index contributed by atoms with van der Waals surface area (Å²) >= 11 is 3.43. The molecule has 1 N–H and O–H groups in total. The highest BCUT2D eigenvalue weighted by molar-refractivity contribution is 9.10. The zero-order chi connectivity index (χ0) is 20.3. The van der Waals surface area contributed by atoms with Crippen LogP contribution in [0, 0.1) is 6.92 Å². The van der Waals surface area contributed by atoms with Crippen LogP contribution in [0.15, 0.2) is 39.2 Å². The molecule has 1 aliphatic rings. The average molecular weight is 449 g/mol. The van der Waals surface area contributed by atoms with Gasteiger partial charge in [0, 0.05) is 23.6 Å². The summed E-state index contributed by atoms with van der Waals surface area (Å²) in [6.07, 6.45) is 1.38. The number of ether oxygens (including phenoxy) is 1. The fourth-order valence-corrected chi connectivity index (χ4v) is 3.57. The van der Waals surface area contributed by atoms with Crippen LogP contribution >= 0.6 is 15.9 Å². The maximum absolute atomic E-state index is 13.0. The number of hydrogen-bond donors (Lipinski definition) is 1. The normalized spacial score (nSPS) is 15.0. The average Bonchev–Trinajstić information content (AvgIpc) is 3.08. The quantitative estimate of drug-likeness (QED) is 0.744. The number of rotatable bonds is 5. The van der Waals surface area contributed by atoms with Crippen LogP contribution in [0.3, 0.4) is 0 Å². The van der Waals surface area contributed by atoms with Crippen molar-refractivity contribution in [3.05, 3.63) is 51.9 Å². The van der Waals surface area contributed by atoms with Crippen LogP contribution in [0.5, 0.6) is 5.75 Å². The van der Waals surface area contributed by atoms with Gasteiger partial charge in [-0.2, -0.15) is 0 Å². The number of halogens is 1. The highest BCUT2D eigenvalue weighted by Gasteiger charge is 2.27. The molecule has 3 rings (SSSR count). The third-order valence-electron chi connectivity index (χ3n) is 4.62. The van der Waals surface area contributed by atoms with E-state index < -0.39 is 0 Å². The van der Waals surface area contributed by atoms with Crippen molar-refractivity contribution < 1.29 is 18.7 Å². The molecule has 2 heterocycles. The fourth-order valence-electron chi connectivity index (χ4n) is 3.23. The van der Waals surface area contributed by atoms with Crippen molar-refractivity contribution in [2.45, 2.75) is 45.8 Å². The Bertz CT molecular complexity index is 854. The van der Waals surface area contributed by atoms with Crippen molar-refractivity contribution in [2.75, 3.05) is 13.1 Å². The first kappa shape index (κ1) is 20.5. The maximum atomic E-state index is 13.0. The molecule has 0 aliphatic carbocycles. The Labute approximate surface area is 173 Å². The molecule has 0 bridgehead atoms. The molecule has 28 heavy (non-hydrogen) atoms. The Morgan fingerprint density at radius 2 is 1.93 bits per heavy atom. The number of amides is 2. The van der Waals surface area contributed by atoms with E-state index in [1.165, 1.54) is 0 Å². The first-order valence-electron chi connectivity index (χ1n) is 9.46. The summed E-state index contributed by atoms with van der Waals surface area (Å²) in [7, 11) is 0. The number of furan rings is 1. The Morgan fingerprint density at radius 1 is 1.21 bits per heavy atom. The summed E-state index contributed by atoms with van der Waals surface area (Å²) in [5.74, 6) is 1.35. The molecule has 150 valence electrons. The zero-order valence-corrected chi connectivity index (χ0v) is 17.9. The van der Waals surface area contributed by atoms with Crippen molar-refractivity contribution in [2.24, 2.45) is 0 Å². The molecule has 2 aromatic rings. The minimum Gasteiger partial charge on any atom is -0.490 e. The molecule has 0 unspecified atom stereocenters. The van der Waals surface area contributed by atoms with Crippen LogP contribution in [0.1, 0.15) is 53.4 Å². The number of nitrogens with zero attached hydrogens (tertiary/aromatic N) is 1. The van der Waals surface area contributed by atoms with E-state index in [1.54, 1.807) is 25.1 Å². The van der Waals surface area contributed by atoms with Gasteiger partial charge in [-0.1, -0.05) is 15.9 Å². The van der Waals surface area contributed by atoms with E-state index in [1.807, 2.05) is 30.9 Å². The molecule has 0 radical (unpaired) electrons. The van der Waals surface area contributed by atoms with Gasteiger partial charge >= 0.3 is 0 Å². The number of hydrogen-bond acceptors (Lipinski definition) is 4. The van der Waals surface area contributed by atoms with E-state index in [0.717, 1.165) is 4.47 Å². The molecule has 6 nitrogen and oxygen atoms in total. The summed E-state index contributed by atoms with van der Waals surface area (Å²) in [4.78, 5) is 27.0. The molecule has 0 atom stereocenters. The lowest BCUT2D eigenvalue weighted by Gasteiger charge is -2.32. The lowest BCUT2D eigenvalue weighted by atomic mass is 10.0. The van der Waals surface area contributed by atoms with Gasteiger partial charge in [-0.25, -0.2) is 0 Å². The van der Waals surface area contributed by atoms with Crippen LogP contribution in [0.4, 0.5) is 0 Å². The molecule has 2 amide bonds. The zero-order valence-electron chi connectivity index (χ0n) is 16.3. The lowest BCUT2D eigenvalue weighted by molar-refractivity contribution is 0.0690. The number of carbonyl (C=O) groups excluding carboxylic acids is 2. The van der Waals surface area contributed by atoms with Crippen molar-refractivity contribution in [3.63, 3.8) is 0 Å². The molecule has 1 aromatic carbocycles. The third-order valence-corrected chi connectivity index (χ3v) is 5.11. The van der Waals surface area contributed by atoms with Gasteiger partial charge in [-0.15, -0.1) is 0 Å². The van der Waals surface area contributed by atoms with E-state index >= 15 is 0 Å². The Hall–Kier alpha value is -2.28. The molecule has 1 aliphatic heterocycles. The van der Waals surface area contributed by atoms with Crippen LogP contribution < -0.4 is 10.1 Å². The smallest absolute Gasteiger partial charge is 0.287 e. The first-order chi connectivity index (χ1) is 13.3. The first-order valence-corrected chi connectivity index (χ1v) is 10.3. The summed E-state index contributed by atoms with van der Waals surface area (Å²) in [6, 6.07) is 8.93. The van der Waals surface area contributed by atoms with Gasteiger partial charge in [-0.05, 0) is 63.9 Å². The highest BCUT2D eigenvalue weighted by atomic mass is 79.9. The second-order valence-electron chi connectivity index (χ2n) is 7.26. The summed E-state index contributed by atoms with van der Waals surface area (Å²) < 4.78 is 12.1. The molecular formula is C21H25BrN2O4. The topological polar surface area (TPSA) is 71.8 Å². The number of benzene rings is 1. The van der Waals surface area contributed by atoms with E-state index in [2.05, 4.69) is 21.2 Å². The molecule has 1 saturated heterocycles. The standard InChI is InChI=1S/C21H25BrN2O4/c1-13(2)27-19-12-15(22)5-6-17(19)21(26)24-10-8-16(9-11-24)23-20(25)18-7-4-14(3)28-18/h4-7,12-13,16H,8-11H2,1-3H3,(H,23,25).